The molecule has 1 atom stereocenters. The van der Waals surface area contributed by atoms with Crippen molar-refractivity contribution in [2.24, 2.45) is 16.6 Å². The summed E-state index contributed by atoms with van der Waals surface area (Å²) in [5.41, 5.74) is 8.15. The highest BCUT2D eigenvalue weighted by molar-refractivity contribution is 5.83. The Balaban J connectivity index is 2.50. The summed E-state index contributed by atoms with van der Waals surface area (Å²) in [6, 6.07) is 0. The molecule has 0 spiro atoms. The van der Waals surface area contributed by atoms with Crippen molar-refractivity contribution in [3.8, 4) is 0 Å². The molecule has 0 saturated carbocycles. The zero-order chi connectivity index (χ0) is 9.84. The summed E-state index contributed by atoms with van der Waals surface area (Å²) in [6.45, 7) is 1.02. The Bertz CT molecular complexity index is 227. The number of aliphatic imine (C=N–C) groups is 1. The molecule has 1 aliphatic rings. The van der Waals surface area contributed by atoms with Gasteiger partial charge in [-0.3, -0.25) is 14.8 Å². The van der Waals surface area contributed by atoms with Gasteiger partial charge in [0.05, 0.1) is 12.5 Å². The number of hydrogen-bond donors (Lipinski definition) is 3. The Hall–Kier alpha value is -1.30. The van der Waals surface area contributed by atoms with E-state index in [0.717, 1.165) is 0 Å². The van der Waals surface area contributed by atoms with Gasteiger partial charge in [-0.1, -0.05) is 0 Å². The Morgan fingerprint density at radius 3 is 3.00 bits per heavy atom. The molecule has 0 aromatic heterocycles. The molecule has 1 rings (SSSR count). The summed E-state index contributed by atoms with van der Waals surface area (Å²) < 4.78 is 0. The predicted octanol–water partition coefficient (Wildman–Crippen LogP) is -1.89. The standard InChI is InChI=1S/C7H15N5O/c1-9-12(2)6(13)5-3-10-7(8)11-4-5/h5,9H,3-4H2,1-2H3,(H3,8,10,11). The van der Waals surface area contributed by atoms with Crippen LogP contribution < -0.4 is 16.5 Å². The molecule has 6 heteroatoms. The van der Waals surface area contributed by atoms with Crippen LogP contribution in [0.2, 0.25) is 0 Å². The van der Waals surface area contributed by atoms with E-state index in [1.54, 1.807) is 14.1 Å². The monoisotopic (exact) mass is 185 g/mol. The van der Waals surface area contributed by atoms with Crippen LogP contribution in [0.1, 0.15) is 0 Å². The molecule has 0 radical (unpaired) electrons. The van der Waals surface area contributed by atoms with Crippen molar-refractivity contribution in [2.45, 2.75) is 0 Å². The van der Waals surface area contributed by atoms with Crippen molar-refractivity contribution in [1.29, 1.82) is 0 Å². The highest BCUT2D eigenvalue weighted by Gasteiger charge is 2.23. The van der Waals surface area contributed by atoms with Crippen LogP contribution in [0.25, 0.3) is 0 Å². The number of carbonyl (C=O) groups excluding carboxylic acids is 1. The number of rotatable bonds is 2. The van der Waals surface area contributed by atoms with Crippen molar-refractivity contribution in [3.63, 3.8) is 0 Å². The number of nitrogens with two attached hydrogens (primary N) is 1. The van der Waals surface area contributed by atoms with Crippen LogP contribution in [-0.2, 0) is 4.79 Å². The molecule has 74 valence electrons. The fourth-order valence-corrected chi connectivity index (χ4v) is 1.11. The maximum absolute atomic E-state index is 11.5. The van der Waals surface area contributed by atoms with E-state index in [2.05, 4.69) is 15.7 Å². The van der Waals surface area contributed by atoms with Gasteiger partial charge in [0.25, 0.3) is 0 Å². The van der Waals surface area contributed by atoms with E-state index < -0.39 is 0 Å². The van der Waals surface area contributed by atoms with Gasteiger partial charge in [-0.25, -0.2) is 5.43 Å². The van der Waals surface area contributed by atoms with Gasteiger partial charge in [0.2, 0.25) is 5.91 Å². The minimum absolute atomic E-state index is 0.0197. The first-order chi connectivity index (χ1) is 6.15. The van der Waals surface area contributed by atoms with Gasteiger partial charge in [-0.15, -0.1) is 0 Å². The van der Waals surface area contributed by atoms with E-state index in [0.29, 0.717) is 19.0 Å². The molecule has 1 aliphatic heterocycles. The molecular weight excluding hydrogens is 170 g/mol. The normalized spacial score (nSPS) is 21.7. The molecule has 0 saturated heterocycles. The SMILES string of the molecule is CNN(C)C(=O)C1CN=C(N)NC1. The third kappa shape index (κ3) is 2.32. The van der Waals surface area contributed by atoms with Gasteiger partial charge >= 0.3 is 0 Å². The second-order valence-corrected chi connectivity index (χ2v) is 2.92. The summed E-state index contributed by atoms with van der Waals surface area (Å²) in [5.74, 6) is 0.312. The van der Waals surface area contributed by atoms with Crippen molar-refractivity contribution < 1.29 is 4.79 Å². The second-order valence-electron chi connectivity index (χ2n) is 2.92. The molecule has 1 amide bonds. The number of guanidine groups is 1. The van der Waals surface area contributed by atoms with E-state index in [1.807, 2.05) is 0 Å². The van der Waals surface area contributed by atoms with E-state index in [-0.39, 0.29) is 11.8 Å². The Kier molecular flexibility index (Phi) is 3.07. The third-order valence-electron chi connectivity index (χ3n) is 2.03. The van der Waals surface area contributed by atoms with Crippen LogP contribution in [0.4, 0.5) is 0 Å². The number of carbonyl (C=O) groups is 1. The second kappa shape index (κ2) is 4.08. The molecule has 13 heavy (non-hydrogen) atoms. The summed E-state index contributed by atoms with van der Waals surface area (Å²) in [7, 11) is 3.38. The van der Waals surface area contributed by atoms with Gasteiger partial charge in [0.15, 0.2) is 5.96 Å². The molecular formula is C7H15N5O. The topological polar surface area (TPSA) is 82.8 Å². The van der Waals surface area contributed by atoms with Gasteiger partial charge in [-0.2, -0.15) is 0 Å². The van der Waals surface area contributed by atoms with Crippen LogP contribution in [0.15, 0.2) is 4.99 Å². The largest absolute Gasteiger partial charge is 0.370 e. The first-order valence-corrected chi connectivity index (χ1v) is 4.14. The van der Waals surface area contributed by atoms with E-state index in [1.165, 1.54) is 5.01 Å². The molecule has 0 aromatic rings. The van der Waals surface area contributed by atoms with E-state index >= 15 is 0 Å². The Morgan fingerprint density at radius 1 is 1.85 bits per heavy atom. The Labute approximate surface area is 77.1 Å². The fourth-order valence-electron chi connectivity index (χ4n) is 1.11. The van der Waals surface area contributed by atoms with Gasteiger partial charge < -0.3 is 11.1 Å². The highest BCUT2D eigenvalue weighted by atomic mass is 16.2. The smallest absolute Gasteiger partial charge is 0.243 e. The van der Waals surface area contributed by atoms with E-state index in [9.17, 15) is 4.79 Å². The zero-order valence-electron chi connectivity index (χ0n) is 7.87. The molecule has 0 aliphatic carbocycles. The van der Waals surface area contributed by atoms with Crippen LogP contribution >= 0.6 is 0 Å². The lowest BCUT2D eigenvalue weighted by Gasteiger charge is -2.24. The maximum Gasteiger partial charge on any atom is 0.243 e. The summed E-state index contributed by atoms with van der Waals surface area (Å²) in [5, 5.41) is 4.29. The first kappa shape index (κ1) is 9.79. The van der Waals surface area contributed by atoms with Crippen LogP contribution in [0.3, 0.4) is 0 Å². The third-order valence-corrected chi connectivity index (χ3v) is 2.03. The van der Waals surface area contributed by atoms with Gasteiger partial charge in [-0.05, 0) is 0 Å². The molecule has 4 N–H and O–H groups in total. The maximum atomic E-state index is 11.5. The molecule has 0 fully saturated rings. The Morgan fingerprint density at radius 2 is 2.54 bits per heavy atom. The van der Waals surface area contributed by atoms with Gasteiger partial charge in [0.1, 0.15) is 0 Å². The highest BCUT2D eigenvalue weighted by Crippen LogP contribution is 2.02. The average Bonchev–Trinajstić information content (AvgIpc) is 2.17. The summed E-state index contributed by atoms with van der Waals surface area (Å²) in [4.78, 5) is 15.5. The number of amides is 1. The number of hydrazine groups is 1. The van der Waals surface area contributed by atoms with Gasteiger partial charge in [0, 0.05) is 20.6 Å². The summed E-state index contributed by atoms with van der Waals surface area (Å²) in [6.07, 6.45) is 0. The predicted molar refractivity (Wildman–Crippen MR) is 49.8 cm³/mol. The number of hydrogen-bond acceptors (Lipinski definition) is 5. The lowest BCUT2D eigenvalue weighted by molar-refractivity contribution is -0.136. The van der Waals surface area contributed by atoms with Crippen molar-refractivity contribution in [2.75, 3.05) is 27.2 Å². The molecule has 1 unspecified atom stereocenters. The number of nitrogens with one attached hydrogen (secondary N) is 2. The minimum atomic E-state index is -0.121. The molecule has 1 heterocycles. The molecule has 0 aromatic carbocycles. The molecule has 0 bridgehead atoms. The number of nitrogens with zero attached hydrogens (tertiary/aromatic N) is 2. The quantitative estimate of drug-likeness (QED) is 0.439. The minimum Gasteiger partial charge on any atom is -0.370 e. The zero-order valence-corrected chi connectivity index (χ0v) is 7.87. The van der Waals surface area contributed by atoms with Crippen LogP contribution in [-0.4, -0.2) is 44.1 Å². The van der Waals surface area contributed by atoms with Crippen LogP contribution in [0, 0.1) is 5.92 Å². The average molecular weight is 185 g/mol. The molecule has 6 nitrogen and oxygen atoms in total. The summed E-state index contributed by atoms with van der Waals surface area (Å²) >= 11 is 0. The lowest BCUT2D eigenvalue weighted by atomic mass is 10.1. The fraction of sp³-hybridized carbons (Fsp3) is 0.714. The van der Waals surface area contributed by atoms with Crippen molar-refractivity contribution in [3.05, 3.63) is 0 Å². The lowest BCUT2D eigenvalue weighted by Crippen LogP contribution is -2.49. The van der Waals surface area contributed by atoms with E-state index in [4.69, 9.17) is 5.73 Å². The van der Waals surface area contributed by atoms with Crippen molar-refractivity contribution >= 4 is 11.9 Å². The van der Waals surface area contributed by atoms with Crippen LogP contribution in [0.5, 0.6) is 0 Å². The van der Waals surface area contributed by atoms with Crippen molar-refractivity contribution in [1.82, 2.24) is 15.8 Å². The first-order valence-electron chi connectivity index (χ1n) is 4.14.